The van der Waals surface area contributed by atoms with Crippen LogP contribution in [0.25, 0.3) is 0 Å². The van der Waals surface area contributed by atoms with Crippen LogP contribution in [0.3, 0.4) is 0 Å². The monoisotopic (exact) mass is 276 g/mol. The van der Waals surface area contributed by atoms with Gasteiger partial charge in [0.15, 0.2) is 9.84 Å². The fraction of sp³-hybridized carbons (Fsp3) is 1.00. The van der Waals surface area contributed by atoms with Gasteiger partial charge in [0, 0.05) is 36.0 Å². The van der Waals surface area contributed by atoms with Gasteiger partial charge in [-0.05, 0) is 0 Å². The average molecular weight is 276 g/mol. The van der Waals surface area contributed by atoms with Crippen LogP contribution in [-0.4, -0.2) is 38.0 Å². The summed E-state index contributed by atoms with van der Waals surface area (Å²) < 4.78 is 24.6. The molecule has 1 fully saturated rings. The summed E-state index contributed by atoms with van der Waals surface area (Å²) >= 11 is 2.00. The molecule has 1 saturated heterocycles. The van der Waals surface area contributed by atoms with Gasteiger partial charge in [-0.3, -0.25) is 0 Å². The van der Waals surface area contributed by atoms with E-state index in [1.807, 2.05) is 27.9 Å². The molecule has 0 aliphatic carbocycles. The second kappa shape index (κ2) is 3.33. The van der Waals surface area contributed by atoms with Crippen molar-refractivity contribution in [3.63, 3.8) is 0 Å². The lowest BCUT2D eigenvalue weighted by molar-refractivity contribution is 0.284. The Hall–Kier alpha value is 0.600. The SMILES string of the molecule is O=S1(=O)CCN(NI)CC1. The molecule has 0 aromatic heterocycles. The number of hydrazine groups is 1. The topological polar surface area (TPSA) is 49.4 Å². The molecule has 0 bridgehead atoms. The Bertz CT molecular complexity index is 189. The van der Waals surface area contributed by atoms with Crippen LogP contribution in [0.4, 0.5) is 0 Å². The highest BCUT2D eigenvalue weighted by Gasteiger charge is 2.20. The van der Waals surface area contributed by atoms with Crippen molar-refractivity contribution < 1.29 is 8.42 Å². The zero-order valence-corrected chi connectivity index (χ0v) is 8.35. The molecule has 0 aromatic rings. The first-order valence-electron chi connectivity index (χ1n) is 2.96. The molecule has 1 N–H and O–H groups in total. The second-order valence-corrected chi connectivity index (χ2v) is 5.01. The molecule has 0 amide bonds. The van der Waals surface area contributed by atoms with Crippen LogP contribution in [0.2, 0.25) is 0 Å². The first-order chi connectivity index (χ1) is 4.64. The van der Waals surface area contributed by atoms with E-state index < -0.39 is 9.84 Å². The van der Waals surface area contributed by atoms with Gasteiger partial charge < -0.3 is 0 Å². The number of sulfone groups is 1. The van der Waals surface area contributed by atoms with Crippen molar-refractivity contribution in [3.05, 3.63) is 0 Å². The van der Waals surface area contributed by atoms with E-state index in [-0.39, 0.29) is 11.5 Å². The van der Waals surface area contributed by atoms with E-state index in [0.717, 1.165) is 0 Å². The highest BCUT2D eigenvalue weighted by atomic mass is 127. The Morgan fingerprint density at radius 1 is 1.30 bits per heavy atom. The first kappa shape index (κ1) is 8.69. The number of hydrogen-bond donors (Lipinski definition) is 1. The van der Waals surface area contributed by atoms with Gasteiger partial charge in [-0.1, -0.05) is 0 Å². The lowest BCUT2D eigenvalue weighted by atomic mass is 10.6. The molecule has 0 radical (unpaired) electrons. The average Bonchev–Trinajstić information content (AvgIpc) is 1.88. The van der Waals surface area contributed by atoms with E-state index in [4.69, 9.17) is 0 Å². The third-order valence-electron chi connectivity index (χ3n) is 1.46. The quantitative estimate of drug-likeness (QED) is 0.521. The molecule has 0 spiro atoms. The first-order valence-corrected chi connectivity index (χ1v) is 5.86. The minimum absolute atomic E-state index is 0.281. The summed E-state index contributed by atoms with van der Waals surface area (Å²) in [5, 5.41) is 1.89. The van der Waals surface area contributed by atoms with Crippen LogP contribution in [0.5, 0.6) is 0 Å². The highest BCUT2D eigenvalue weighted by Crippen LogP contribution is 2.01. The Labute approximate surface area is 74.4 Å². The van der Waals surface area contributed by atoms with E-state index >= 15 is 0 Å². The molecule has 0 saturated carbocycles. The van der Waals surface area contributed by atoms with E-state index in [2.05, 4.69) is 3.64 Å². The van der Waals surface area contributed by atoms with Crippen molar-refractivity contribution >= 4 is 32.7 Å². The summed E-state index contributed by atoms with van der Waals surface area (Å²) in [7, 11) is -2.71. The van der Waals surface area contributed by atoms with Crippen LogP contribution in [0.15, 0.2) is 0 Å². The van der Waals surface area contributed by atoms with Crippen LogP contribution in [0.1, 0.15) is 0 Å². The Balaban J connectivity index is 2.46. The molecular formula is C4H9IN2O2S. The summed E-state index contributed by atoms with van der Waals surface area (Å²) in [6, 6.07) is 0. The lowest BCUT2D eigenvalue weighted by Gasteiger charge is -2.23. The highest BCUT2D eigenvalue weighted by molar-refractivity contribution is 14.1. The predicted octanol–water partition coefficient (Wildman–Crippen LogP) is -0.429. The molecule has 4 nitrogen and oxygen atoms in total. The molecule has 0 aromatic carbocycles. The largest absolute Gasteiger partial charge is 0.233 e. The summed E-state index contributed by atoms with van der Waals surface area (Å²) in [6.07, 6.45) is 0. The Morgan fingerprint density at radius 3 is 2.20 bits per heavy atom. The maximum absolute atomic E-state index is 10.9. The molecule has 6 heteroatoms. The molecular weight excluding hydrogens is 267 g/mol. The lowest BCUT2D eigenvalue weighted by Crippen LogP contribution is -2.44. The van der Waals surface area contributed by atoms with Crippen LogP contribution >= 0.6 is 22.9 Å². The van der Waals surface area contributed by atoms with Crippen molar-refractivity contribution in [2.24, 2.45) is 0 Å². The van der Waals surface area contributed by atoms with Crippen molar-refractivity contribution in [1.29, 1.82) is 0 Å². The van der Waals surface area contributed by atoms with Gasteiger partial charge in [0.1, 0.15) is 0 Å². The Morgan fingerprint density at radius 2 is 1.80 bits per heavy atom. The zero-order chi connectivity index (χ0) is 7.61. The van der Waals surface area contributed by atoms with E-state index in [0.29, 0.717) is 13.1 Å². The van der Waals surface area contributed by atoms with E-state index in [1.54, 1.807) is 0 Å². The maximum Gasteiger partial charge on any atom is 0.152 e. The molecule has 60 valence electrons. The number of nitrogens with zero attached hydrogens (tertiary/aromatic N) is 1. The number of rotatable bonds is 1. The van der Waals surface area contributed by atoms with E-state index in [9.17, 15) is 8.42 Å². The molecule has 10 heavy (non-hydrogen) atoms. The number of hydrogen-bond acceptors (Lipinski definition) is 4. The number of nitrogens with one attached hydrogen (secondary N) is 1. The zero-order valence-electron chi connectivity index (χ0n) is 5.38. The molecule has 1 heterocycles. The third kappa shape index (κ3) is 2.33. The predicted molar refractivity (Wildman–Crippen MR) is 47.4 cm³/mol. The Kier molecular flexibility index (Phi) is 2.90. The van der Waals surface area contributed by atoms with Crippen molar-refractivity contribution in [1.82, 2.24) is 8.65 Å². The summed E-state index contributed by atoms with van der Waals surface area (Å²) in [5.41, 5.74) is 0. The molecule has 1 aliphatic rings. The van der Waals surface area contributed by atoms with Crippen LogP contribution in [0, 0.1) is 0 Å². The van der Waals surface area contributed by atoms with Gasteiger partial charge in [-0.15, -0.1) is 0 Å². The fourth-order valence-corrected chi connectivity index (χ4v) is 2.48. The van der Waals surface area contributed by atoms with Crippen molar-refractivity contribution in [2.75, 3.05) is 24.6 Å². The molecule has 0 atom stereocenters. The minimum Gasteiger partial charge on any atom is -0.233 e. The number of halogens is 1. The van der Waals surface area contributed by atoms with E-state index in [1.165, 1.54) is 0 Å². The van der Waals surface area contributed by atoms with Gasteiger partial charge in [-0.25, -0.2) is 13.4 Å². The normalized spacial score (nSPS) is 26.5. The van der Waals surface area contributed by atoms with Gasteiger partial charge in [-0.2, -0.15) is 3.64 Å². The summed E-state index contributed by atoms with van der Waals surface area (Å²) in [4.78, 5) is 0. The standard InChI is InChI=1S/C4H9IN2O2S/c5-6-7-1-3-10(8,9)4-2-7/h6H,1-4H2. The van der Waals surface area contributed by atoms with Crippen LogP contribution < -0.4 is 3.64 Å². The summed E-state index contributed by atoms with van der Waals surface area (Å²) in [5.74, 6) is 0.562. The van der Waals surface area contributed by atoms with Crippen molar-refractivity contribution in [2.45, 2.75) is 0 Å². The van der Waals surface area contributed by atoms with Gasteiger partial charge in [0.25, 0.3) is 0 Å². The third-order valence-corrected chi connectivity index (χ3v) is 3.76. The maximum atomic E-state index is 10.9. The van der Waals surface area contributed by atoms with Gasteiger partial charge >= 0.3 is 0 Å². The molecule has 1 aliphatic heterocycles. The summed E-state index contributed by atoms with van der Waals surface area (Å²) in [6.45, 7) is 1.20. The van der Waals surface area contributed by atoms with Crippen LogP contribution in [-0.2, 0) is 9.84 Å². The fourth-order valence-electron chi connectivity index (χ4n) is 0.797. The second-order valence-electron chi connectivity index (χ2n) is 2.22. The minimum atomic E-state index is -2.71. The molecule has 0 unspecified atom stereocenters. The molecule has 1 rings (SSSR count). The van der Waals surface area contributed by atoms with Gasteiger partial charge in [0.05, 0.1) is 11.5 Å². The smallest absolute Gasteiger partial charge is 0.152 e. The van der Waals surface area contributed by atoms with Crippen molar-refractivity contribution in [3.8, 4) is 0 Å². The van der Waals surface area contributed by atoms with Gasteiger partial charge in [0.2, 0.25) is 0 Å².